The molecular formula is C14H23NO4. The molecule has 19 heavy (non-hydrogen) atoms. The standard InChI is InChI=1S/C14H23NO4/c1-3-4-9-8(6-15)5-10-11(12(9)13(16)17)7(2)19-14(10)18/h7-12H,3-6,15H2,1-2H3,(H,16,17)/t7-,8-,9-,10-,11-,12+/m1/s1. The number of aliphatic carboxylic acids is 1. The van der Waals surface area contributed by atoms with Gasteiger partial charge in [0.25, 0.3) is 0 Å². The van der Waals surface area contributed by atoms with Gasteiger partial charge in [0, 0.05) is 5.92 Å². The van der Waals surface area contributed by atoms with Crippen molar-refractivity contribution >= 4 is 11.9 Å². The minimum Gasteiger partial charge on any atom is -0.481 e. The Bertz CT molecular complexity index is 370. The van der Waals surface area contributed by atoms with E-state index in [9.17, 15) is 14.7 Å². The molecule has 0 aromatic rings. The number of esters is 1. The summed E-state index contributed by atoms with van der Waals surface area (Å²) in [6.07, 6.45) is 2.17. The lowest BCUT2D eigenvalue weighted by molar-refractivity contribution is -0.151. The van der Waals surface area contributed by atoms with Gasteiger partial charge in [-0.2, -0.15) is 0 Å². The van der Waals surface area contributed by atoms with E-state index in [2.05, 4.69) is 6.92 Å². The fourth-order valence-electron chi connectivity index (χ4n) is 4.08. The molecule has 1 aliphatic heterocycles. The van der Waals surface area contributed by atoms with Gasteiger partial charge < -0.3 is 15.6 Å². The predicted molar refractivity (Wildman–Crippen MR) is 69.2 cm³/mol. The summed E-state index contributed by atoms with van der Waals surface area (Å²) in [5.74, 6) is -1.85. The molecular weight excluding hydrogens is 246 g/mol. The molecule has 0 radical (unpaired) electrons. The van der Waals surface area contributed by atoms with Crippen LogP contribution in [-0.4, -0.2) is 29.7 Å². The second-order valence-corrected chi connectivity index (χ2v) is 5.87. The van der Waals surface area contributed by atoms with Crippen molar-refractivity contribution in [2.24, 2.45) is 35.3 Å². The Morgan fingerprint density at radius 2 is 2.21 bits per heavy atom. The third-order valence-electron chi connectivity index (χ3n) is 4.86. The van der Waals surface area contributed by atoms with Gasteiger partial charge in [0.1, 0.15) is 6.10 Å². The second kappa shape index (κ2) is 5.49. The van der Waals surface area contributed by atoms with Gasteiger partial charge in [-0.25, -0.2) is 0 Å². The predicted octanol–water partition coefficient (Wildman–Crippen LogP) is 1.26. The van der Waals surface area contributed by atoms with Gasteiger partial charge in [-0.1, -0.05) is 13.3 Å². The van der Waals surface area contributed by atoms with Crippen molar-refractivity contribution in [3.05, 3.63) is 0 Å². The molecule has 0 aromatic carbocycles. The molecule has 2 aliphatic rings. The van der Waals surface area contributed by atoms with Crippen LogP contribution in [0.5, 0.6) is 0 Å². The van der Waals surface area contributed by atoms with Crippen molar-refractivity contribution in [2.75, 3.05) is 6.54 Å². The highest BCUT2D eigenvalue weighted by Gasteiger charge is 2.56. The molecule has 5 heteroatoms. The molecule has 1 heterocycles. The van der Waals surface area contributed by atoms with Crippen LogP contribution < -0.4 is 5.73 Å². The number of ether oxygens (including phenoxy) is 1. The van der Waals surface area contributed by atoms with E-state index >= 15 is 0 Å². The highest BCUT2D eigenvalue weighted by atomic mass is 16.6. The number of rotatable bonds is 4. The normalized spacial score (nSPS) is 41.7. The molecule has 0 spiro atoms. The van der Waals surface area contributed by atoms with E-state index < -0.39 is 11.9 Å². The van der Waals surface area contributed by atoms with Crippen LogP contribution in [-0.2, 0) is 14.3 Å². The number of fused-ring (bicyclic) bond motifs is 1. The molecule has 3 N–H and O–H groups in total. The SMILES string of the molecule is CCC[C@@H]1[C@@H](CN)C[C@H]2C(=O)O[C@H](C)[C@H]2[C@H]1C(=O)O. The maximum atomic E-state index is 11.9. The van der Waals surface area contributed by atoms with Crippen LogP contribution in [0.2, 0.25) is 0 Å². The minimum atomic E-state index is -0.809. The summed E-state index contributed by atoms with van der Waals surface area (Å²) in [5.41, 5.74) is 5.80. The Kier molecular flexibility index (Phi) is 4.13. The topological polar surface area (TPSA) is 89.6 Å². The molecule has 0 unspecified atom stereocenters. The van der Waals surface area contributed by atoms with Crippen LogP contribution in [0.3, 0.4) is 0 Å². The van der Waals surface area contributed by atoms with Gasteiger partial charge in [0.05, 0.1) is 11.8 Å². The van der Waals surface area contributed by atoms with Crippen molar-refractivity contribution in [1.82, 2.24) is 0 Å². The Balaban J connectivity index is 2.33. The largest absolute Gasteiger partial charge is 0.481 e. The number of carboxylic acid groups (broad SMARTS) is 1. The quantitative estimate of drug-likeness (QED) is 0.750. The van der Waals surface area contributed by atoms with E-state index in [1.807, 2.05) is 6.92 Å². The molecule has 1 aliphatic carbocycles. The number of carboxylic acids is 1. The average Bonchev–Trinajstić information content (AvgIpc) is 2.63. The van der Waals surface area contributed by atoms with E-state index in [4.69, 9.17) is 10.5 Å². The summed E-state index contributed by atoms with van der Waals surface area (Å²) in [5, 5.41) is 9.59. The zero-order valence-corrected chi connectivity index (χ0v) is 11.5. The van der Waals surface area contributed by atoms with E-state index in [1.54, 1.807) is 0 Å². The molecule has 0 amide bonds. The number of hydrogen-bond acceptors (Lipinski definition) is 4. The monoisotopic (exact) mass is 269 g/mol. The van der Waals surface area contributed by atoms with Gasteiger partial charge in [0.2, 0.25) is 0 Å². The van der Waals surface area contributed by atoms with Gasteiger partial charge >= 0.3 is 11.9 Å². The molecule has 0 bridgehead atoms. The van der Waals surface area contributed by atoms with E-state index in [-0.39, 0.29) is 35.7 Å². The van der Waals surface area contributed by atoms with E-state index in [0.717, 1.165) is 12.8 Å². The van der Waals surface area contributed by atoms with Crippen molar-refractivity contribution in [1.29, 1.82) is 0 Å². The fourth-order valence-corrected chi connectivity index (χ4v) is 4.08. The Labute approximate surface area is 113 Å². The van der Waals surface area contributed by atoms with Crippen LogP contribution in [0.1, 0.15) is 33.1 Å². The van der Waals surface area contributed by atoms with Gasteiger partial charge in [0.15, 0.2) is 0 Å². The summed E-state index contributed by atoms with van der Waals surface area (Å²) in [6.45, 7) is 4.31. The van der Waals surface area contributed by atoms with Crippen LogP contribution in [0, 0.1) is 29.6 Å². The Morgan fingerprint density at radius 1 is 1.53 bits per heavy atom. The molecule has 1 saturated heterocycles. The zero-order chi connectivity index (χ0) is 14.2. The molecule has 108 valence electrons. The summed E-state index contributed by atoms with van der Waals surface area (Å²) in [4.78, 5) is 23.5. The summed E-state index contributed by atoms with van der Waals surface area (Å²) in [6, 6.07) is 0. The Hall–Kier alpha value is -1.10. The number of carbonyl (C=O) groups is 2. The van der Waals surface area contributed by atoms with Gasteiger partial charge in [-0.15, -0.1) is 0 Å². The molecule has 5 nitrogen and oxygen atoms in total. The molecule has 0 aromatic heterocycles. The average molecular weight is 269 g/mol. The maximum Gasteiger partial charge on any atom is 0.309 e. The summed E-state index contributed by atoms with van der Waals surface area (Å²) >= 11 is 0. The van der Waals surface area contributed by atoms with Crippen molar-refractivity contribution < 1.29 is 19.4 Å². The highest BCUT2D eigenvalue weighted by Crippen LogP contribution is 2.49. The third-order valence-corrected chi connectivity index (χ3v) is 4.86. The summed E-state index contributed by atoms with van der Waals surface area (Å²) in [7, 11) is 0. The first-order valence-electron chi connectivity index (χ1n) is 7.14. The third kappa shape index (κ3) is 2.36. The minimum absolute atomic E-state index is 0.0608. The first-order valence-corrected chi connectivity index (χ1v) is 7.14. The molecule has 2 rings (SSSR count). The number of hydrogen-bond donors (Lipinski definition) is 2. The van der Waals surface area contributed by atoms with E-state index in [1.165, 1.54) is 0 Å². The van der Waals surface area contributed by atoms with Crippen LogP contribution in [0.4, 0.5) is 0 Å². The van der Waals surface area contributed by atoms with E-state index in [0.29, 0.717) is 13.0 Å². The number of cyclic esters (lactones) is 1. The van der Waals surface area contributed by atoms with Crippen molar-refractivity contribution in [3.8, 4) is 0 Å². The number of nitrogens with two attached hydrogens (primary N) is 1. The zero-order valence-electron chi connectivity index (χ0n) is 11.5. The smallest absolute Gasteiger partial charge is 0.309 e. The highest BCUT2D eigenvalue weighted by molar-refractivity contribution is 5.79. The molecule has 6 atom stereocenters. The lowest BCUT2D eigenvalue weighted by Crippen LogP contribution is -2.47. The van der Waals surface area contributed by atoms with Crippen LogP contribution in [0.25, 0.3) is 0 Å². The lowest BCUT2D eigenvalue weighted by Gasteiger charge is -2.42. The van der Waals surface area contributed by atoms with Gasteiger partial charge in [-0.3, -0.25) is 9.59 Å². The van der Waals surface area contributed by atoms with Crippen LogP contribution >= 0.6 is 0 Å². The maximum absolute atomic E-state index is 11.9. The van der Waals surface area contributed by atoms with Crippen LogP contribution in [0.15, 0.2) is 0 Å². The Morgan fingerprint density at radius 3 is 2.74 bits per heavy atom. The lowest BCUT2D eigenvalue weighted by atomic mass is 9.60. The summed E-state index contributed by atoms with van der Waals surface area (Å²) < 4.78 is 5.26. The van der Waals surface area contributed by atoms with Gasteiger partial charge in [-0.05, 0) is 38.1 Å². The number of carbonyl (C=O) groups excluding carboxylic acids is 1. The fraction of sp³-hybridized carbons (Fsp3) is 0.857. The molecule has 1 saturated carbocycles. The first-order chi connectivity index (χ1) is 9.01. The first kappa shape index (κ1) is 14.3. The second-order valence-electron chi connectivity index (χ2n) is 5.87. The van der Waals surface area contributed by atoms with Crippen molar-refractivity contribution in [2.45, 2.75) is 39.2 Å². The molecule has 2 fully saturated rings. The van der Waals surface area contributed by atoms with Crippen molar-refractivity contribution in [3.63, 3.8) is 0 Å².